The van der Waals surface area contributed by atoms with Gasteiger partial charge in [0.25, 0.3) is 5.91 Å². The fourth-order valence-corrected chi connectivity index (χ4v) is 3.95. The van der Waals surface area contributed by atoms with Crippen molar-refractivity contribution in [2.45, 2.75) is 31.8 Å². The highest BCUT2D eigenvalue weighted by molar-refractivity contribution is 5.95. The number of pyridine rings is 1. The van der Waals surface area contributed by atoms with Crippen molar-refractivity contribution < 1.29 is 9.21 Å². The second kappa shape index (κ2) is 5.49. The Labute approximate surface area is 135 Å². The maximum Gasteiger partial charge on any atom is 0.270 e. The van der Waals surface area contributed by atoms with Crippen molar-refractivity contribution >= 4 is 23.0 Å². The number of rotatable bonds is 3. The number of piperidine rings is 3. The van der Waals surface area contributed by atoms with E-state index >= 15 is 0 Å². The van der Waals surface area contributed by atoms with Crippen LogP contribution in [0.5, 0.6) is 0 Å². The molecule has 0 radical (unpaired) electrons. The van der Waals surface area contributed by atoms with E-state index in [1.54, 1.807) is 18.3 Å². The fourth-order valence-electron chi connectivity index (χ4n) is 3.95. The molecular formula is C18H21N3O2. The van der Waals surface area contributed by atoms with Crippen molar-refractivity contribution in [2.75, 3.05) is 13.1 Å². The number of furan rings is 1. The van der Waals surface area contributed by atoms with E-state index in [4.69, 9.17) is 4.42 Å². The molecular weight excluding hydrogens is 290 g/mol. The zero-order chi connectivity index (χ0) is 16.0. The van der Waals surface area contributed by atoms with Gasteiger partial charge in [-0.15, -0.1) is 0 Å². The smallest absolute Gasteiger partial charge is 0.270 e. The van der Waals surface area contributed by atoms with Crippen LogP contribution in [-0.4, -0.2) is 41.0 Å². The summed E-state index contributed by atoms with van der Waals surface area (Å²) in [6.07, 6.45) is 5.67. The summed E-state index contributed by atoms with van der Waals surface area (Å²) < 4.78 is 5.62. The molecule has 120 valence electrons. The molecule has 1 amide bonds. The lowest BCUT2D eigenvalue weighted by atomic mass is 9.79. The molecule has 5 heteroatoms. The highest BCUT2D eigenvalue weighted by Gasteiger charge is 2.40. The minimum atomic E-state index is -0.117. The molecule has 3 aliphatic rings. The van der Waals surface area contributed by atoms with Crippen LogP contribution in [0.4, 0.5) is 0 Å². The number of amides is 1. The lowest BCUT2D eigenvalue weighted by Gasteiger charge is -2.49. The van der Waals surface area contributed by atoms with E-state index in [1.807, 2.05) is 6.07 Å². The first-order valence-corrected chi connectivity index (χ1v) is 8.22. The summed E-state index contributed by atoms with van der Waals surface area (Å²) in [5.74, 6) is 1.15. The minimum absolute atomic E-state index is 0.117. The second-order valence-electron chi connectivity index (χ2n) is 6.57. The standard InChI is InChI=1S/C18H21N3O2/c1-3-14-8-13-10-19-15(9-16(13)23-14)18(22)20-17-11(2)21-6-4-12(17)5-7-21/h3,8-12,17H,1,4-7H2,2H3,(H,20,22). The first kappa shape index (κ1) is 14.5. The summed E-state index contributed by atoms with van der Waals surface area (Å²) in [5, 5.41) is 4.08. The summed E-state index contributed by atoms with van der Waals surface area (Å²) in [7, 11) is 0. The Bertz CT molecular complexity index is 757. The van der Waals surface area contributed by atoms with E-state index < -0.39 is 0 Å². The largest absolute Gasteiger partial charge is 0.457 e. The predicted octanol–water partition coefficient (Wildman–Crippen LogP) is 2.68. The molecule has 0 saturated carbocycles. The number of nitrogens with one attached hydrogen (secondary N) is 1. The number of nitrogens with zero attached hydrogens (tertiary/aromatic N) is 2. The zero-order valence-corrected chi connectivity index (χ0v) is 13.3. The summed E-state index contributed by atoms with van der Waals surface area (Å²) in [5.41, 5.74) is 1.08. The van der Waals surface area contributed by atoms with Crippen molar-refractivity contribution in [3.05, 3.63) is 36.4 Å². The van der Waals surface area contributed by atoms with Crippen LogP contribution in [0.1, 0.15) is 36.0 Å². The van der Waals surface area contributed by atoms with Crippen molar-refractivity contribution in [1.82, 2.24) is 15.2 Å². The third kappa shape index (κ3) is 2.45. The lowest BCUT2D eigenvalue weighted by molar-refractivity contribution is 0.0216. The highest BCUT2D eigenvalue weighted by Crippen LogP contribution is 2.32. The molecule has 2 aromatic heterocycles. The Morgan fingerprint density at radius 3 is 2.91 bits per heavy atom. The van der Waals surface area contributed by atoms with E-state index in [9.17, 15) is 4.79 Å². The van der Waals surface area contributed by atoms with Crippen molar-refractivity contribution in [1.29, 1.82) is 0 Å². The fraction of sp³-hybridized carbons (Fsp3) is 0.444. The van der Waals surface area contributed by atoms with Gasteiger partial charge in [-0.25, -0.2) is 0 Å². The van der Waals surface area contributed by atoms with Crippen LogP contribution in [0, 0.1) is 5.92 Å². The molecule has 2 atom stereocenters. The van der Waals surface area contributed by atoms with Gasteiger partial charge in [0.1, 0.15) is 17.0 Å². The summed E-state index contributed by atoms with van der Waals surface area (Å²) in [6.45, 7) is 8.20. The SMILES string of the molecule is C=Cc1cc2cnc(C(=O)NC3C4CCN(CC4)C3C)cc2o1. The van der Waals surface area contributed by atoms with E-state index in [0.717, 1.165) is 18.5 Å². The van der Waals surface area contributed by atoms with Gasteiger partial charge in [-0.3, -0.25) is 14.7 Å². The predicted molar refractivity (Wildman–Crippen MR) is 89.1 cm³/mol. The maximum atomic E-state index is 12.6. The van der Waals surface area contributed by atoms with Crippen LogP contribution < -0.4 is 5.32 Å². The molecule has 0 aromatic carbocycles. The Hall–Kier alpha value is -2.14. The average Bonchev–Trinajstić information content (AvgIpc) is 3.00. The average molecular weight is 311 g/mol. The molecule has 2 bridgehead atoms. The quantitative estimate of drug-likeness (QED) is 0.947. The molecule has 1 N–H and O–H groups in total. The molecule has 3 fully saturated rings. The van der Waals surface area contributed by atoms with E-state index in [0.29, 0.717) is 29.0 Å². The van der Waals surface area contributed by atoms with Gasteiger partial charge in [0.2, 0.25) is 0 Å². The Morgan fingerprint density at radius 1 is 1.43 bits per heavy atom. The summed E-state index contributed by atoms with van der Waals surface area (Å²) >= 11 is 0. The molecule has 0 spiro atoms. The van der Waals surface area contributed by atoms with E-state index in [1.165, 1.54) is 12.8 Å². The van der Waals surface area contributed by atoms with Crippen LogP contribution in [-0.2, 0) is 0 Å². The van der Waals surface area contributed by atoms with Gasteiger partial charge in [-0.05, 0) is 50.9 Å². The van der Waals surface area contributed by atoms with Crippen LogP contribution >= 0.6 is 0 Å². The third-order valence-electron chi connectivity index (χ3n) is 5.33. The molecule has 3 aliphatic heterocycles. The first-order valence-electron chi connectivity index (χ1n) is 8.22. The van der Waals surface area contributed by atoms with Gasteiger partial charge < -0.3 is 9.73 Å². The summed E-state index contributed by atoms with van der Waals surface area (Å²) in [4.78, 5) is 19.4. The topological polar surface area (TPSA) is 58.4 Å². The normalized spacial score (nSPS) is 29.6. The molecule has 2 unspecified atom stereocenters. The molecule has 5 heterocycles. The van der Waals surface area contributed by atoms with Crippen molar-refractivity contribution in [3.63, 3.8) is 0 Å². The second-order valence-corrected chi connectivity index (χ2v) is 6.57. The number of carbonyl (C=O) groups excluding carboxylic acids is 1. The molecule has 0 aliphatic carbocycles. The van der Waals surface area contributed by atoms with Crippen LogP contribution in [0.25, 0.3) is 17.0 Å². The van der Waals surface area contributed by atoms with Gasteiger partial charge in [0.15, 0.2) is 0 Å². The van der Waals surface area contributed by atoms with Crippen LogP contribution in [0.2, 0.25) is 0 Å². The van der Waals surface area contributed by atoms with Gasteiger partial charge >= 0.3 is 0 Å². The van der Waals surface area contributed by atoms with Crippen molar-refractivity contribution in [2.24, 2.45) is 5.92 Å². The number of aromatic nitrogens is 1. The number of hydrogen-bond acceptors (Lipinski definition) is 4. The number of hydrogen-bond donors (Lipinski definition) is 1. The zero-order valence-electron chi connectivity index (χ0n) is 13.3. The van der Waals surface area contributed by atoms with E-state index in [-0.39, 0.29) is 11.9 Å². The maximum absolute atomic E-state index is 12.6. The number of fused-ring (bicyclic) bond motifs is 4. The molecule has 5 nitrogen and oxygen atoms in total. The Morgan fingerprint density at radius 2 is 2.22 bits per heavy atom. The molecule has 5 rings (SSSR count). The Kier molecular flexibility index (Phi) is 3.45. The monoisotopic (exact) mass is 311 g/mol. The van der Waals surface area contributed by atoms with Gasteiger partial charge in [0.05, 0.1) is 0 Å². The van der Waals surface area contributed by atoms with Gasteiger partial charge in [-0.1, -0.05) is 6.58 Å². The van der Waals surface area contributed by atoms with Crippen LogP contribution in [0.15, 0.2) is 29.3 Å². The molecule has 23 heavy (non-hydrogen) atoms. The van der Waals surface area contributed by atoms with Crippen molar-refractivity contribution in [3.8, 4) is 0 Å². The van der Waals surface area contributed by atoms with Gasteiger partial charge in [-0.2, -0.15) is 0 Å². The molecule has 3 saturated heterocycles. The highest BCUT2D eigenvalue weighted by atomic mass is 16.3. The molecule has 2 aromatic rings. The lowest BCUT2D eigenvalue weighted by Crippen LogP contribution is -2.62. The first-order chi connectivity index (χ1) is 11.2. The van der Waals surface area contributed by atoms with Gasteiger partial charge in [0, 0.05) is 29.7 Å². The minimum Gasteiger partial charge on any atom is -0.457 e. The Balaban J connectivity index is 1.55. The van der Waals surface area contributed by atoms with E-state index in [2.05, 4.69) is 28.7 Å². The van der Waals surface area contributed by atoms with Crippen LogP contribution in [0.3, 0.4) is 0 Å². The number of carbonyl (C=O) groups is 1. The summed E-state index contributed by atoms with van der Waals surface area (Å²) in [6, 6.07) is 4.19. The third-order valence-corrected chi connectivity index (χ3v) is 5.33.